The average Bonchev–Trinajstić information content (AvgIpc) is 3.76. The van der Waals surface area contributed by atoms with Crippen molar-refractivity contribution in [2.75, 3.05) is 0 Å². The second-order valence-electron chi connectivity index (χ2n) is 14.1. The standard InChI is InChI=1S/C51H32N2S2/c1-2-3-14-37-35-15-4-7-18-40(35)51(41-19-8-12-23-46(41)55-47-24-13-9-20-42(47)51)48(37)50-52-43-21-10-5-17-38(43)49(53-50)33-27-25-32(26-28-33)34-29-30-45-39(31-34)36-16-6-11-22-44(36)54-45/h2-31H,1H2/b14-3-. The highest BCUT2D eigenvalue weighted by Gasteiger charge is 2.52. The summed E-state index contributed by atoms with van der Waals surface area (Å²) in [6, 6.07) is 59.4. The van der Waals surface area contributed by atoms with Crippen molar-refractivity contribution < 1.29 is 0 Å². The Balaban J connectivity index is 1.15. The van der Waals surface area contributed by atoms with Gasteiger partial charge < -0.3 is 0 Å². The number of rotatable bonds is 5. The molecule has 1 aliphatic carbocycles. The first-order valence-electron chi connectivity index (χ1n) is 18.5. The summed E-state index contributed by atoms with van der Waals surface area (Å²) in [5.74, 6) is 0.726. The van der Waals surface area contributed by atoms with E-state index < -0.39 is 5.41 Å². The smallest absolute Gasteiger partial charge is 0.158 e. The summed E-state index contributed by atoms with van der Waals surface area (Å²) >= 11 is 3.69. The van der Waals surface area contributed by atoms with Crippen LogP contribution in [-0.2, 0) is 5.41 Å². The number of nitrogens with zero attached hydrogens (tertiary/aromatic N) is 2. The van der Waals surface area contributed by atoms with Crippen LogP contribution in [0.5, 0.6) is 0 Å². The zero-order valence-electron chi connectivity index (χ0n) is 29.7. The summed E-state index contributed by atoms with van der Waals surface area (Å²) < 4.78 is 2.63. The Bertz CT molecular complexity index is 3050. The lowest BCUT2D eigenvalue weighted by Crippen LogP contribution is -2.33. The Labute approximate surface area is 327 Å². The molecule has 0 atom stereocenters. The Kier molecular flexibility index (Phi) is 7.38. The van der Waals surface area contributed by atoms with Crippen molar-refractivity contribution in [2.24, 2.45) is 0 Å². The van der Waals surface area contributed by atoms with Crippen LogP contribution in [0.3, 0.4) is 0 Å². The molecule has 0 fully saturated rings. The fourth-order valence-electron chi connectivity index (χ4n) is 8.83. The van der Waals surface area contributed by atoms with E-state index in [-0.39, 0.29) is 0 Å². The number of fused-ring (bicyclic) bond motifs is 10. The van der Waals surface area contributed by atoms with Crippen molar-refractivity contribution in [3.8, 4) is 22.4 Å². The van der Waals surface area contributed by atoms with Crippen LogP contribution in [0.4, 0.5) is 0 Å². The Hall–Kier alpha value is -6.33. The van der Waals surface area contributed by atoms with Gasteiger partial charge in [0.05, 0.1) is 16.6 Å². The minimum Gasteiger partial charge on any atom is -0.228 e. The minimum absolute atomic E-state index is 0.635. The van der Waals surface area contributed by atoms with Gasteiger partial charge in [0.25, 0.3) is 0 Å². The van der Waals surface area contributed by atoms with Crippen LogP contribution in [0.2, 0.25) is 0 Å². The van der Waals surface area contributed by atoms with E-state index >= 15 is 0 Å². The van der Waals surface area contributed by atoms with Crippen molar-refractivity contribution >= 4 is 65.3 Å². The van der Waals surface area contributed by atoms with Gasteiger partial charge in [0, 0.05) is 46.5 Å². The summed E-state index contributed by atoms with van der Waals surface area (Å²) in [6.07, 6.45) is 6.09. The minimum atomic E-state index is -0.635. The van der Waals surface area contributed by atoms with E-state index in [1.807, 2.05) is 35.3 Å². The third-order valence-electron chi connectivity index (χ3n) is 11.2. The number of hydrogen-bond acceptors (Lipinski definition) is 4. The lowest BCUT2D eigenvalue weighted by atomic mass is 9.66. The van der Waals surface area contributed by atoms with Crippen molar-refractivity contribution in [1.29, 1.82) is 0 Å². The van der Waals surface area contributed by atoms with Gasteiger partial charge in [-0.05, 0) is 75.4 Å². The fraction of sp³-hybridized carbons (Fsp3) is 0.0196. The van der Waals surface area contributed by atoms with E-state index in [1.54, 1.807) is 0 Å². The molecule has 55 heavy (non-hydrogen) atoms. The first-order valence-corrected chi connectivity index (χ1v) is 20.2. The number of allylic oxidation sites excluding steroid dienone is 5. The molecule has 2 aromatic heterocycles. The van der Waals surface area contributed by atoms with Gasteiger partial charge in [-0.25, -0.2) is 9.97 Å². The molecule has 1 aliphatic heterocycles. The number of benzene rings is 7. The highest BCUT2D eigenvalue weighted by atomic mass is 32.2. The number of thiophene rings is 1. The zero-order valence-corrected chi connectivity index (χ0v) is 31.4. The quantitative estimate of drug-likeness (QED) is 0.165. The van der Waals surface area contributed by atoms with Gasteiger partial charge in [-0.2, -0.15) is 0 Å². The molecule has 3 heterocycles. The van der Waals surface area contributed by atoms with Crippen LogP contribution in [0.15, 0.2) is 198 Å². The van der Waals surface area contributed by atoms with Gasteiger partial charge in [-0.15, -0.1) is 11.3 Å². The zero-order chi connectivity index (χ0) is 36.5. The Morgan fingerprint density at radius 2 is 1.15 bits per heavy atom. The number of para-hydroxylation sites is 1. The van der Waals surface area contributed by atoms with Gasteiger partial charge in [0.2, 0.25) is 0 Å². The second kappa shape index (κ2) is 12.6. The second-order valence-corrected chi connectivity index (χ2v) is 16.2. The summed E-state index contributed by atoms with van der Waals surface area (Å²) in [4.78, 5) is 13.6. The molecule has 11 rings (SSSR count). The van der Waals surface area contributed by atoms with Gasteiger partial charge in [-0.3, -0.25) is 0 Å². The number of aromatic nitrogens is 2. The SMILES string of the molecule is C=C/C=C\C1=C(c2nc(-c3ccc(-c4ccc5sc6ccccc6c5c4)cc3)c3ccccc3n2)C2(c3ccccc3Sc3ccccc32)c2ccccc21. The third-order valence-corrected chi connectivity index (χ3v) is 13.5. The molecule has 9 aromatic rings. The van der Waals surface area contributed by atoms with Crippen molar-refractivity contribution in [2.45, 2.75) is 15.2 Å². The van der Waals surface area contributed by atoms with Crippen LogP contribution in [0.25, 0.3) is 64.6 Å². The van der Waals surface area contributed by atoms with Crippen molar-refractivity contribution in [3.05, 3.63) is 217 Å². The van der Waals surface area contributed by atoms with E-state index in [4.69, 9.17) is 9.97 Å². The molecule has 0 bridgehead atoms. The summed E-state index contributed by atoms with van der Waals surface area (Å²) in [7, 11) is 0. The molecule has 0 unspecified atom stereocenters. The first kappa shape index (κ1) is 32.1. The molecule has 0 saturated carbocycles. The van der Waals surface area contributed by atoms with Crippen LogP contribution in [0, 0.1) is 0 Å². The topological polar surface area (TPSA) is 25.8 Å². The monoisotopic (exact) mass is 736 g/mol. The molecule has 0 N–H and O–H groups in total. The summed E-state index contributed by atoms with van der Waals surface area (Å²) in [5, 5.41) is 3.64. The van der Waals surface area contributed by atoms with Crippen LogP contribution in [-0.4, -0.2) is 9.97 Å². The maximum atomic E-state index is 5.63. The predicted octanol–water partition coefficient (Wildman–Crippen LogP) is 13.8. The molecule has 0 saturated heterocycles. The third kappa shape index (κ3) is 4.82. The molecular weight excluding hydrogens is 705 g/mol. The molecule has 2 aliphatic rings. The van der Waals surface area contributed by atoms with Crippen LogP contribution >= 0.6 is 23.1 Å². The van der Waals surface area contributed by atoms with E-state index in [2.05, 4.69) is 176 Å². The van der Waals surface area contributed by atoms with Crippen molar-refractivity contribution in [1.82, 2.24) is 9.97 Å². The Morgan fingerprint density at radius 1 is 0.527 bits per heavy atom. The molecule has 4 heteroatoms. The maximum absolute atomic E-state index is 5.63. The largest absolute Gasteiger partial charge is 0.228 e. The molecule has 0 amide bonds. The van der Waals surface area contributed by atoms with Gasteiger partial charge in [0.15, 0.2) is 5.82 Å². The predicted molar refractivity (Wildman–Crippen MR) is 233 cm³/mol. The van der Waals surface area contributed by atoms with E-state index in [1.165, 1.54) is 63.3 Å². The average molecular weight is 737 g/mol. The van der Waals surface area contributed by atoms with Crippen molar-refractivity contribution in [3.63, 3.8) is 0 Å². The van der Waals surface area contributed by atoms with Crippen LogP contribution < -0.4 is 0 Å². The number of hydrogen-bond donors (Lipinski definition) is 0. The normalized spacial score (nSPS) is 14.2. The van der Waals surface area contributed by atoms with E-state index in [9.17, 15) is 0 Å². The van der Waals surface area contributed by atoms with Gasteiger partial charge >= 0.3 is 0 Å². The summed E-state index contributed by atoms with van der Waals surface area (Å²) in [5.41, 5.74) is 11.8. The molecule has 1 spiro atoms. The molecule has 258 valence electrons. The van der Waals surface area contributed by atoms with Gasteiger partial charge in [0.1, 0.15) is 0 Å². The van der Waals surface area contributed by atoms with Gasteiger partial charge in [-0.1, -0.05) is 164 Å². The molecule has 0 radical (unpaired) electrons. The Morgan fingerprint density at radius 3 is 1.93 bits per heavy atom. The maximum Gasteiger partial charge on any atom is 0.158 e. The van der Waals surface area contributed by atoms with E-state index in [0.29, 0.717) is 0 Å². The highest BCUT2D eigenvalue weighted by molar-refractivity contribution is 7.99. The van der Waals surface area contributed by atoms with Crippen LogP contribution in [0.1, 0.15) is 28.1 Å². The fourth-order valence-corrected chi connectivity index (χ4v) is 11.1. The lowest BCUT2D eigenvalue weighted by molar-refractivity contribution is 0.755. The van der Waals surface area contributed by atoms with E-state index in [0.717, 1.165) is 39.1 Å². The molecular formula is C51H32N2S2. The highest BCUT2D eigenvalue weighted by Crippen LogP contribution is 2.63. The molecule has 2 nitrogen and oxygen atoms in total. The lowest BCUT2D eigenvalue weighted by Gasteiger charge is -2.40. The molecule has 7 aromatic carbocycles. The summed E-state index contributed by atoms with van der Waals surface area (Å²) in [6.45, 7) is 4.06. The first-order chi connectivity index (χ1) is 27.2.